The summed E-state index contributed by atoms with van der Waals surface area (Å²) in [6.45, 7) is -0.0927. The topological polar surface area (TPSA) is 102 Å². The van der Waals surface area contributed by atoms with Gasteiger partial charge in [-0.25, -0.2) is 9.18 Å². The first kappa shape index (κ1) is 24.6. The molecule has 9 heteroatoms. The number of hydrogen-bond donors (Lipinski definition) is 2. The highest BCUT2D eigenvalue weighted by molar-refractivity contribution is 5.91. The van der Waals surface area contributed by atoms with Crippen LogP contribution in [0, 0.1) is 5.82 Å². The Bertz CT molecular complexity index is 1510. The van der Waals surface area contributed by atoms with E-state index in [1.165, 1.54) is 22.8 Å². The molecule has 184 valence electrons. The largest absolute Gasteiger partial charge is 0.356 e. The molecule has 2 amide bonds. The maximum absolute atomic E-state index is 13.5. The first-order valence-electron chi connectivity index (χ1n) is 11.5. The quantitative estimate of drug-likeness (QED) is 0.378. The van der Waals surface area contributed by atoms with Gasteiger partial charge in [-0.2, -0.15) is 0 Å². The van der Waals surface area contributed by atoms with Gasteiger partial charge in [-0.3, -0.25) is 23.5 Å². The lowest BCUT2D eigenvalue weighted by atomic mass is 10.1. The molecular weight excluding hydrogens is 463 g/mol. The second kappa shape index (κ2) is 11.3. The van der Waals surface area contributed by atoms with Crippen molar-refractivity contribution in [2.24, 2.45) is 0 Å². The average Bonchev–Trinajstić information content (AvgIpc) is 2.87. The van der Waals surface area contributed by atoms with Gasteiger partial charge in [-0.1, -0.05) is 48.5 Å². The maximum Gasteiger partial charge on any atom is 0.331 e. The van der Waals surface area contributed by atoms with E-state index in [1.54, 1.807) is 24.3 Å². The number of fused-ring (bicyclic) bond motifs is 1. The summed E-state index contributed by atoms with van der Waals surface area (Å²) in [7, 11) is 0. The molecule has 2 N–H and O–H groups in total. The number of halogens is 1. The Hall–Kier alpha value is -4.53. The predicted octanol–water partition coefficient (Wildman–Crippen LogP) is 2.69. The summed E-state index contributed by atoms with van der Waals surface area (Å²) in [6, 6.07) is 21.6. The SMILES string of the molecule is O=C(CCn1c(=O)c2ccccc2n(CC(=O)Nc2cccc(F)c2)c1=O)NCCc1ccccc1. The number of rotatable bonds is 9. The van der Waals surface area contributed by atoms with Gasteiger partial charge in [0.1, 0.15) is 12.4 Å². The number of nitrogens with zero attached hydrogens (tertiary/aromatic N) is 2. The van der Waals surface area contributed by atoms with E-state index in [0.717, 1.165) is 16.2 Å². The number of amides is 2. The van der Waals surface area contributed by atoms with E-state index < -0.39 is 23.0 Å². The van der Waals surface area contributed by atoms with Crippen LogP contribution in [0.1, 0.15) is 12.0 Å². The van der Waals surface area contributed by atoms with E-state index in [0.29, 0.717) is 18.5 Å². The lowest BCUT2D eigenvalue weighted by Crippen LogP contribution is -2.42. The molecule has 0 unspecified atom stereocenters. The van der Waals surface area contributed by atoms with E-state index in [-0.39, 0.29) is 36.5 Å². The van der Waals surface area contributed by atoms with Crippen LogP contribution in [0.3, 0.4) is 0 Å². The van der Waals surface area contributed by atoms with E-state index >= 15 is 0 Å². The molecule has 0 radical (unpaired) electrons. The van der Waals surface area contributed by atoms with Crippen LogP contribution in [-0.2, 0) is 29.1 Å². The van der Waals surface area contributed by atoms with Crippen LogP contribution in [-0.4, -0.2) is 27.5 Å². The monoisotopic (exact) mass is 488 g/mol. The fourth-order valence-corrected chi connectivity index (χ4v) is 3.92. The molecule has 0 aliphatic heterocycles. The fraction of sp³-hybridized carbons (Fsp3) is 0.185. The normalized spacial score (nSPS) is 10.8. The van der Waals surface area contributed by atoms with Gasteiger partial charge in [0.15, 0.2) is 0 Å². The van der Waals surface area contributed by atoms with Crippen molar-refractivity contribution in [2.45, 2.75) is 25.9 Å². The minimum atomic E-state index is -0.704. The van der Waals surface area contributed by atoms with Crippen LogP contribution in [0.25, 0.3) is 10.9 Å². The Labute approximate surface area is 206 Å². The van der Waals surface area contributed by atoms with Crippen LogP contribution in [0.5, 0.6) is 0 Å². The van der Waals surface area contributed by atoms with Gasteiger partial charge in [0.05, 0.1) is 10.9 Å². The van der Waals surface area contributed by atoms with E-state index in [4.69, 9.17) is 0 Å². The van der Waals surface area contributed by atoms with Crippen molar-refractivity contribution in [1.82, 2.24) is 14.5 Å². The standard InChI is InChI=1S/C27H25FN4O4/c28-20-9-6-10-21(17-20)30-25(34)18-32-23-12-5-4-11-22(23)26(35)31(27(32)36)16-14-24(33)29-15-13-19-7-2-1-3-8-19/h1-12,17H,13-16,18H2,(H,29,33)(H,30,34). The molecule has 4 aromatic rings. The highest BCUT2D eigenvalue weighted by Gasteiger charge is 2.16. The smallest absolute Gasteiger partial charge is 0.331 e. The van der Waals surface area contributed by atoms with Crippen molar-refractivity contribution in [3.05, 3.63) is 111 Å². The number of benzene rings is 3. The molecule has 0 bridgehead atoms. The molecule has 0 atom stereocenters. The molecule has 36 heavy (non-hydrogen) atoms. The minimum Gasteiger partial charge on any atom is -0.356 e. The van der Waals surface area contributed by atoms with E-state index in [9.17, 15) is 23.6 Å². The number of anilines is 1. The van der Waals surface area contributed by atoms with Gasteiger partial charge >= 0.3 is 5.69 Å². The first-order valence-corrected chi connectivity index (χ1v) is 11.5. The summed E-state index contributed by atoms with van der Waals surface area (Å²) < 4.78 is 15.6. The molecule has 0 saturated heterocycles. The van der Waals surface area contributed by atoms with E-state index in [2.05, 4.69) is 10.6 Å². The number of aromatic nitrogens is 2. The third-order valence-corrected chi connectivity index (χ3v) is 5.68. The van der Waals surface area contributed by atoms with Gasteiger partial charge in [0, 0.05) is 25.2 Å². The molecule has 1 heterocycles. The van der Waals surface area contributed by atoms with Gasteiger partial charge in [0.25, 0.3) is 5.56 Å². The van der Waals surface area contributed by atoms with Crippen molar-refractivity contribution >= 4 is 28.4 Å². The van der Waals surface area contributed by atoms with Crippen molar-refractivity contribution in [3.8, 4) is 0 Å². The van der Waals surface area contributed by atoms with E-state index in [1.807, 2.05) is 30.3 Å². The molecule has 0 fully saturated rings. The summed E-state index contributed by atoms with van der Waals surface area (Å²) in [5.41, 5.74) is 0.394. The molecule has 4 rings (SSSR count). The van der Waals surface area contributed by atoms with Crippen molar-refractivity contribution in [1.29, 1.82) is 0 Å². The van der Waals surface area contributed by atoms with Crippen molar-refractivity contribution in [2.75, 3.05) is 11.9 Å². The lowest BCUT2D eigenvalue weighted by Gasteiger charge is -2.14. The Morgan fingerprint density at radius 1 is 0.833 bits per heavy atom. The van der Waals surface area contributed by atoms with Gasteiger partial charge in [-0.05, 0) is 42.3 Å². The highest BCUT2D eigenvalue weighted by Crippen LogP contribution is 2.11. The molecule has 0 saturated carbocycles. The Kier molecular flexibility index (Phi) is 7.69. The predicted molar refractivity (Wildman–Crippen MR) is 135 cm³/mol. The molecule has 0 aliphatic carbocycles. The van der Waals surface area contributed by atoms with Gasteiger partial charge in [0.2, 0.25) is 11.8 Å². The average molecular weight is 489 g/mol. The molecular formula is C27H25FN4O4. The Balaban J connectivity index is 1.50. The van der Waals surface area contributed by atoms with Crippen LogP contribution in [0.15, 0.2) is 88.5 Å². The van der Waals surface area contributed by atoms with Crippen LogP contribution in [0.2, 0.25) is 0 Å². The third-order valence-electron chi connectivity index (χ3n) is 5.68. The third kappa shape index (κ3) is 5.93. The molecule has 0 aliphatic rings. The van der Waals surface area contributed by atoms with Crippen molar-refractivity contribution < 1.29 is 14.0 Å². The molecule has 3 aromatic carbocycles. The lowest BCUT2D eigenvalue weighted by molar-refractivity contribution is -0.121. The van der Waals surface area contributed by atoms with Crippen molar-refractivity contribution in [3.63, 3.8) is 0 Å². The van der Waals surface area contributed by atoms with Crippen LogP contribution in [0.4, 0.5) is 10.1 Å². The minimum absolute atomic E-state index is 0.0717. The summed E-state index contributed by atoms with van der Waals surface area (Å²) in [5, 5.41) is 5.60. The summed E-state index contributed by atoms with van der Waals surface area (Å²) >= 11 is 0. The maximum atomic E-state index is 13.5. The number of carbonyl (C=O) groups excluding carboxylic acids is 2. The molecule has 8 nitrogen and oxygen atoms in total. The number of para-hydroxylation sites is 1. The van der Waals surface area contributed by atoms with Crippen LogP contribution >= 0.6 is 0 Å². The number of hydrogen-bond acceptors (Lipinski definition) is 4. The Morgan fingerprint density at radius 3 is 2.36 bits per heavy atom. The zero-order valence-corrected chi connectivity index (χ0v) is 19.4. The summed E-state index contributed by atoms with van der Waals surface area (Å²) in [5.74, 6) is -1.36. The fourth-order valence-electron chi connectivity index (χ4n) is 3.92. The first-order chi connectivity index (χ1) is 17.4. The van der Waals surface area contributed by atoms with Gasteiger partial charge < -0.3 is 10.6 Å². The highest BCUT2D eigenvalue weighted by atomic mass is 19.1. The summed E-state index contributed by atoms with van der Waals surface area (Å²) in [4.78, 5) is 51.2. The number of nitrogens with one attached hydrogen (secondary N) is 2. The second-order valence-electron chi connectivity index (χ2n) is 8.24. The van der Waals surface area contributed by atoms with Gasteiger partial charge in [-0.15, -0.1) is 0 Å². The van der Waals surface area contributed by atoms with Crippen LogP contribution < -0.4 is 21.9 Å². The second-order valence-corrected chi connectivity index (χ2v) is 8.24. The zero-order chi connectivity index (χ0) is 25.5. The zero-order valence-electron chi connectivity index (χ0n) is 19.4. The Morgan fingerprint density at radius 2 is 1.58 bits per heavy atom. The molecule has 1 aromatic heterocycles. The summed E-state index contributed by atoms with van der Waals surface area (Å²) in [6.07, 6.45) is 0.591. The number of carbonyl (C=O) groups is 2. The molecule has 0 spiro atoms.